The summed E-state index contributed by atoms with van der Waals surface area (Å²) in [6.45, 7) is 1.38. The Morgan fingerprint density at radius 3 is 3.00 bits per heavy atom. The summed E-state index contributed by atoms with van der Waals surface area (Å²) in [5, 5.41) is 0. The van der Waals surface area contributed by atoms with Crippen LogP contribution in [0.2, 0.25) is 0 Å². The fourth-order valence-corrected chi connectivity index (χ4v) is 2.54. The van der Waals surface area contributed by atoms with E-state index in [1.165, 1.54) is 11.1 Å². The van der Waals surface area contributed by atoms with Gasteiger partial charge in [-0.1, -0.05) is 22.0 Å². The first kappa shape index (κ1) is 12.1. The van der Waals surface area contributed by atoms with Gasteiger partial charge in [0.05, 0.1) is 19.3 Å². The van der Waals surface area contributed by atoms with Gasteiger partial charge in [0, 0.05) is 11.6 Å². The SMILES string of the molecule is COCCOC1CCc2ccc(Br)cc2C1. The fourth-order valence-electron chi connectivity index (χ4n) is 2.13. The lowest BCUT2D eigenvalue weighted by Gasteiger charge is -2.25. The first-order chi connectivity index (χ1) is 7.79. The van der Waals surface area contributed by atoms with Crippen LogP contribution >= 0.6 is 15.9 Å². The fraction of sp³-hybridized carbons (Fsp3) is 0.538. The van der Waals surface area contributed by atoms with E-state index in [-0.39, 0.29) is 0 Å². The zero-order valence-corrected chi connectivity index (χ0v) is 11.1. The molecule has 1 aromatic rings. The van der Waals surface area contributed by atoms with Crippen molar-refractivity contribution >= 4 is 15.9 Å². The number of rotatable bonds is 4. The predicted octanol–water partition coefficient (Wildman–Crippen LogP) is 2.97. The highest BCUT2D eigenvalue weighted by atomic mass is 79.9. The van der Waals surface area contributed by atoms with Crippen molar-refractivity contribution in [1.29, 1.82) is 0 Å². The predicted molar refractivity (Wildman–Crippen MR) is 67.8 cm³/mol. The average molecular weight is 285 g/mol. The summed E-state index contributed by atoms with van der Waals surface area (Å²) in [4.78, 5) is 0. The van der Waals surface area contributed by atoms with Gasteiger partial charge in [0.25, 0.3) is 0 Å². The minimum atomic E-state index is 0.358. The minimum absolute atomic E-state index is 0.358. The summed E-state index contributed by atoms with van der Waals surface area (Å²) in [6, 6.07) is 6.54. The van der Waals surface area contributed by atoms with Crippen molar-refractivity contribution in [2.45, 2.75) is 25.4 Å². The van der Waals surface area contributed by atoms with E-state index in [1.54, 1.807) is 7.11 Å². The van der Waals surface area contributed by atoms with Crippen LogP contribution in [0.3, 0.4) is 0 Å². The van der Waals surface area contributed by atoms with Crippen molar-refractivity contribution in [3.05, 3.63) is 33.8 Å². The molecule has 1 aromatic carbocycles. The highest BCUT2D eigenvalue weighted by Crippen LogP contribution is 2.26. The number of halogens is 1. The molecular formula is C13H17BrO2. The topological polar surface area (TPSA) is 18.5 Å². The number of hydrogen-bond acceptors (Lipinski definition) is 2. The van der Waals surface area contributed by atoms with Crippen LogP contribution in [0.1, 0.15) is 17.5 Å². The number of hydrogen-bond donors (Lipinski definition) is 0. The Morgan fingerprint density at radius 2 is 2.19 bits per heavy atom. The lowest BCUT2D eigenvalue weighted by Crippen LogP contribution is -2.24. The molecule has 0 aliphatic heterocycles. The molecule has 0 saturated carbocycles. The molecule has 88 valence electrons. The molecule has 16 heavy (non-hydrogen) atoms. The van der Waals surface area contributed by atoms with E-state index < -0.39 is 0 Å². The molecule has 2 rings (SSSR count). The highest BCUT2D eigenvalue weighted by Gasteiger charge is 2.18. The third kappa shape index (κ3) is 3.06. The lowest BCUT2D eigenvalue weighted by molar-refractivity contribution is 0.0111. The molecule has 0 saturated heterocycles. The average Bonchev–Trinajstić information content (AvgIpc) is 2.29. The molecule has 3 heteroatoms. The van der Waals surface area contributed by atoms with Gasteiger partial charge in [0.15, 0.2) is 0 Å². The Balaban J connectivity index is 1.94. The molecule has 0 radical (unpaired) electrons. The van der Waals surface area contributed by atoms with Crippen molar-refractivity contribution in [2.75, 3.05) is 20.3 Å². The first-order valence-corrected chi connectivity index (χ1v) is 6.46. The molecule has 0 bridgehead atoms. The number of aryl methyl sites for hydroxylation is 1. The molecule has 1 unspecified atom stereocenters. The van der Waals surface area contributed by atoms with Gasteiger partial charge in [-0.05, 0) is 42.5 Å². The Bertz CT molecular complexity index is 352. The Kier molecular flexibility index (Phi) is 4.38. The zero-order chi connectivity index (χ0) is 11.4. The number of benzene rings is 1. The van der Waals surface area contributed by atoms with Gasteiger partial charge < -0.3 is 9.47 Å². The molecule has 2 nitrogen and oxygen atoms in total. The lowest BCUT2D eigenvalue weighted by atomic mass is 9.90. The quantitative estimate of drug-likeness (QED) is 0.792. The van der Waals surface area contributed by atoms with Crippen LogP contribution in [-0.2, 0) is 22.3 Å². The van der Waals surface area contributed by atoms with Gasteiger partial charge in [0.1, 0.15) is 0 Å². The second kappa shape index (κ2) is 5.80. The van der Waals surface area contributed by atoms with Crippen LogP contribution in [0, 0.1) is 0 Å². The summed E-state index contributed by atoms with van der Waals surface area (Å²) >= 11 is 3.51. The van der Waals surface area contributed by atoms with Crippen LogP contribution in [0.5, 0.6) is 0 Å². The molecule has 0 heterocycles. The van der Waals surface area contributed by atoms with E-state index in [9.17, 15) is 0 Å². The molecule has 1 atom stereocenters. The molecule has 0 amide bonds. The van der Waals surface area contributed by atoms with Crippen LogP contribution in [0.15, 0.2) is 22.7 Å². The standard InChI is InChI=1S/C13H17BrO2/c1-15-6-7-16-13-5-3-10-2-4-12(14)8-11(10)9-13/h2,4,8,13H,3,5-7,9H2,1H3. The summed E-state index contributed by atoms with van der Waals surface area (Å²) in [5.41, 5.74) is 2.89. The van der Waals surface area contributed by atoms with Crippen molar-refractivity contribution in [3.63, 3.8) is 0 Å². The molecule has 0 spiro atoms. The van der Waals surface area contributed by atoms with Crippen molar-refractivity contribution < 1.29 is 9.47 Å². The van der Waals surface area contributed by atoms with E-state index in [0.717, 1.165) is 23.7 Å². The molecular weight excluding hydrogens is 268 g/mol. The number of fused-ring (bicyclic) bond motifs is 1. The Hall–Kier alpha value is -0.380. The van der Waals surface area contributed by atoms with Gasteiger partial charge in [-0.25, -0.2) is 0 Å². The maximum atomic E-state index is 5.78. The third-order valence-corrected chi connectivity index (χ3v) is 3.49. The van der Waals surface area contributed by atoms with E-state index >= 15 is 0 Å². The van der Waals surface area contributed by atoms with Gasteiger partial charge in [-0.2, -0.15) is 0 Å². The summed E-state index contributed by atoms with van der Waals surface area (Å²) in [5.74, 6) is 0. The molecule has 0 N–H and O–H groups in total. The van der Waals surface area contributed by atoms with E-state index in [1.807, 2.05) is 0 Å². The van der Waals surface area contributed by atoms with Crippen LogP contribution < -0.4 is 0 Å². The summed E-state index contributed by atoms with van der Waals surface area (Å²) in [7, 11) is 1.71. The smallest absolute Gasteiger partial charge is 0.0704 e. The molecule has 1 aliphatic rings. The number of methoxy groups -OCH3 is 1. The maximum absolute atomic E-state index is 5.78. The zero-order valence-electron chi connectivity index (χ0n) is 9.54. The maximum Gasteiger partial charge on any atom is 0.0704 e. The van der Waals surface area contributed by atoms with Gasteiger partial charge in [-0.15, -0.1) is 0 Å². The third-order valence-electron chi connectivity index (χ3n) is 2.99. The van der Waals surface area contributed by atoms with Gasteiger partial charge in [0.2, 0.25) is 0 Å². The Labute approximate surface area is 105 Å². The van der Waals surface area contributed by atoms with Crippen LogP contribution in [0.4, 0.5) is 0 Å². The van der Waals surface area contributed by atoms with Crippen molar-refractivity contribution in [2.24, 2.45) is 0 Å². The molecule has 1 aliphatic carbocycles. The van der Waals surface area contributed by atoms with E-state index in [4.69, 9.17) is 9.47 Å². The van der Waals surface area contributed by atoms with Crippen LogP contribution in [0.25, 0.3) is 0 Å². The Morgan fingerprint density at radius 1 is 1.31 bits per heavy atom. The highest BCUT2D eigenvalue weighted by molar-refractivity contribution is 9.10. The monoisotopic (exact) mass is 284 g/mol. The minimum Gasteiger partial charge on any atom is -0.382 e. The van der Waals surface area contributed by atoms with E-state index in [2.05, 4.69) is 34.1 Å². The van der Waals surface area contributed by atoms with Crippen molar-refractivity contribution in [3.8, 4) is 0 Å². The van der Waals surface area contributed by atoms with Crippen LogP contribution in [-0.4, -0.2) is 26.4 Å². The first-order valence-electron chi connectivity index (χ1n) is 5.67. The number of ether oxygens (including phenoxy) is 2. The van der Waals surface area contributed by atoms with Gasteiger partial charge >= 0.3 is 0 Å². The second-order valence-corrected chi connectivity index (χ2v) is 5.06. The normalized spacial score (nSPS) is 19.5. The molecule has 0 aromatic heterocycles. The summed E-state index contributed by atoms with van der Waals surface area (Å²) in [6.07, 6.45) is 3.63. The van der Waals surface area contributed by atoms with Crippen molar-refractivity contribution in [1.82, 2.24) is 0 Å². The molecule has 0 fully saturated rings. The second-order valence-electron chi connectivity index (χ2n) is 4.14. The summed E-state index contributed by atoms with van der Waals surface area (Å²) < 4.78 is 11.9. The van der Waals surface area contributed by atoms with E-state index in [0.29, 0.717) is 19.3 Å². The largest absolute Gasteiger partial charge is 0.382 e. The van der Waals surface area contributed by atoms with Gasteiger partial charge in [-0.3, -0.25) is 0 Å².